The highest BCUT2D eigenvalue weighted by Gasteiger charge is 2.17. The molecule has 3 rings (SSSR count). The Bertz CT molecular complexity index is 508. The number of benzene rings is 1. The van der Waals surface area contributed by atoms with Crippen LogP contribution in [0.2, 0.25) is 0 Å². The van der Waals surface area contributed by atoms with Crippen LogP contribution in [-0.4, -0.2) is 73.0 Å². The van der Waals surface area contributed by atoms with Crippen molar-refractivity contribution in [2.45, 2.75) is 25.8 Å². The molecule has 0 aromatic heterocycles. The van der Waals surface area contributed by atoms with Gasteiger partial charge in [-0.2, -0.15) is 0 Å². The SMILES string of the molecule is I.NC(=NCCN1CCN(Cc2ccccc2)CC1)N1CCCCC1. The predicted octanol–water partition coefficient (Wildman–Crippen LogP) is 2.22. The van der Waals surface area contributed by atoms with E-state index in [4.69, 9.17) is 5.73 Å². The summed E-state index contributed by atoms with van der Waals surface area (Å²) < 4.78 is 0. The van der Waals surface area contributed by atoms with Crippen molar-refractivity contribution in [1.29, 1.82) is 0 Å². The number of guanidine groups is 1. The summed E-state index contributed by atoms with van der Waals surface area (Å²) >= 11 is 0. The Labute approximate surface area is 169 Å². The average Bonchev–Trinajstić information content (AvgIpc) is 2.65. The smallest absolute Gasteiger partial charge is 0.191 e. The van der Waals surface area contributed by atoms with Crippen LogP contribution in [0.1, 0.15) is 24.8 Å². The Balaban J connectivity index is 0.00000225. The van der Waals surface area contributed by atoms with Crippen molar-refractivity contribution in [3.05, 3.63) is 35.9 Å². The number of aliphatic imine (C=N–C) groups is 1. The van der Waals surface area contributed by atoms with Gasteiger partial charge in [-0.3, -0.25) is 14.8 Å². The molecule has 0 bridgehead atoms. The van der Waals surface area contributed by atoms with Crippen molar-refractivity contribution in [3.8, 4) is 0 Å². The lowest BCUT2D eigenvalue weighted by atomic mass is 10.1. The Hall–Kier alpha value is -0.860. The van der Waals surface area contributed by atoms with Gasteiger partial charge in [0.05, 0.1) is 6.54 Å². The number of likely N-dealkylation sites (tertiary alicyclic amines) is 1. The van der Waals surface area contributed by atoms with Crippen LogP contribution in [0.4, 0.5) is 0 Å². The Morgan fingerprint density at radius 1 is 0.880 bits per heavy atom. The summed E-state index contributed by atoms with van der Waals surface area (Å²) in [4.78, 5) is 11.9. The molecule has 5 nitrogen and oxygen atoms in total. The molecule has 1 aromatic rings. The number of nitrogens with zero attached hydrogens (tertiary/aromatic N) is 4. The normalized spacial score (nSPS) is 20.3. The summed E-state index contributed by atoms with van der Waals surface area (Å²) in [5.74, 6) is 0.748. The van der Waals surface area contributed by atoms with Crippen molar-refractivity contribution in [3.63, 3.8) is 0 Å². The lowest BCUT2D eigenvalue weighted by Crippen LogP contribution is -2.47. The van der Waals surface area contributed by atoms with Crippen LogP contribution in [0.15, 0.2) is 35.3 Å². The molecule has 25 heavy (non-hydrogen) atoms. The Kier molecular flexibility index (Phi) is 8.98. The molecule has 0 aliphatic carbocycles. The summed E-state index contributed by atoms with van der Waals surface area (Å²) in [7, 11) is 0. The fourth-order valence-electron chi connectivity index (χ4n) is 3.54. The van der Waals surface area contributed by atoms with E-state index in [2.05, 4.69) is 50.0 Å². The number of piperazine rings is 1. The lowest BCUT2D eigenvalue weighted by molar-refractivity contribution is 0.130. The largest absolute Gasteiger partial charge is 0.370 e. The monoisotopic (exact) mass is 457 g/mol. The van der Waals surface area contributed by atoms with Crippen molar-refractivity contribution in [1.82, 2.24) is 14.7 Å². The van der Waals surface area contributed by atoms with Crippen molar-refractivity contribution in [2.24, 2.45) is 10.7 Å². The van der Waals surface area contributed by atoms with Gasteiger partial charge in [-0.05, 0) is 24.8 Å². The summed E-state index contributed by atoms with van der Waals surface area (Å²) in [5.41, 5.74) is 7.53. The van der Waals surface area contributed by atoms with Crippen LogP contribution in [0.5, 0.6) is 0 Å². The predicted molar refractivity (Wildman–Crippen MR) is 115 cm³/mol. The molecule has 1 aromatic carbocycles. The van der Waals surface area contributed by atoms with Crippen LogP contribution in [0.3, 0.4) is 0 Å². The van der Waals surface area contributed by atoms with Gasteiger partial charge in [-0.25, -0.2) is 0 Å². The average molecular weight is 457 g/mol. The maximum atomic E-state index is 6.12. The first-order valence-corrected chi connectivity index (χ1v) is 9.35. The highest BCUT2D eigenvalue weighted by atomic mass is 127. The first kappa shape index (κ1) is 20.5. The van der Waals surface area contributed by atoms with Gasteiger partial charge in [0.15, 0.2) is 5.96 Å². The fourth-order valence-corrected chi connectivity index (χ4v) is 3.54. The van der Waals surface area contributed by atoms with Gasteiger partial charge in [0.1, 0.15) is 0 Å². The molecule has 0 saturated carbocycles. The highest BCUT2D eigenvalue weighted by molar-refractivity contribution is 14.0. The van der Waals surface area contributed by atoms with E-state index < -0.39 is 0 Å². The quantitative estimate of drug-likeness (QED) is 0.419. The molecule has 2 fully saturated rings. The van der Waals surface area contributed by atoms with Crippen LogP contribution < -0.4 is 5.73 Å². The number of hydrogen-bond acceptors (Lipinski definition) is 3. The first-order chi connectivity index (χ1) is 11.8. The van der Waals surface area contributed by atoms with Crippen LogP contribution >= 0.6 is 24.0 Å². The second kappa shape index (κ2) is 11.0. The van der Waals surface area contributed by atoms with Gasteiger partial charge in [0.25, 0.3) is 0 Å². The second-order valence-corrected chi connectivity index (χ2v) is 6.89. The first-order valence-electron chi connectivity index (χ1n) is 9.35. The maximum Gasteiger partial charge on any atom is 0.191 e. The standard InChI is InChI=1S/C19H31N5.HI/c20-19(24-10-5-2-6-11-24)21-9-12-22-13-15-23(16-14-22)17-18-7-3-1-4-8-18;/h1,3-4,7-8H,2,5-6,9-17H2,(H2,20,21);1H. The van der Waals surface area contributed by atoms with E-state index >= 15 is 0 Å². The number of piperidine rings is 1. The van der Waals surface area contributed by atoms with Crippen molar-refractivity contribution in [2.75, 3.05) is 52.4 Å². The van der Waals surface area contributed by atoms with E-state index in [0.717, 1.165) is 64.9 Å². The van der Waals surface area contributed by atoms with Gasteiger partial charge < -0.3 is 10.6 Å². The van der Waals surface area contributed by atoms with Gasteiger partial charge in [0.2, 0.25) is 0 Å². The molecule has 2 aliphatic heterocycles. The van der Waals surface area contributed by atoms with E-state index in [1.165, 1.54) is 24.8 Å². The molecule has 2 heterocycles. The Morgan fingerprint density at radius 2 is 1.52 bits per heavy atom. The van der Waals surface area contributed by atoms with E-state index in [0.29, 0.717) is 0 Å². The molecule has 2 aliphatic rings. The zero-order chi connectivity index (χ0) is 16.6. The summed E-state index contributed by atoms with van der Waals surface area (Å²) in [6.07, 6.45) is 3.83. The highest BCUT2D eigenvalue weighted by Crippen LogP contribution is 2.09. The molecule has 0 atom stereocenters. The minimum Gasteiger partial charge on any atom is -0.370 e. The van der Waals surface area contributed by atoms with Crippen molar-refractivity contribution < 1.29 is 0 Å². The number of halogens is 1. The number of nitrogens with two attached hydrogens (primary N) is 1. The molecule has 0 unspecified atom stereocenters. The number of hydrogen-bond donors (Lipinski definition) is 1. The van der Waals surface area contributed by atoms with Crippen LogP contribution in [0, 0.1) is 0 Å². The lowest BCUT2D eigenvalue weighted by Gasteiger charge is -2.34. The molecule has 0 amide bonds. The van der Waals surface area contributed by atoms with Crippen LogP contribution in [-0.2, 0) is 6.54 Å². The molecular weight excluding hydrogens is 425 g/mol. The fraction of sp³-hybridized carbons (Fsp3) is 0.632. The van der Waals surface area contributed by atoms with E-state index in [-0.39, 0.29) is 24.0 Å². The molecule has 2 N–H and O–H groups in total. The Morgan fingerprint density at radius 3 is 2.20 bits per heavy atom. The molecular formula is C19H32IN5. The third-order valence-corrected chi connectivity index (χ3v) is 5.08. The molecule has 2 saturated heterocycles. The minimum absolute atomic E-state index is 0. The van der Waals surface area contributed by atoms with Gasteiger partial charge >= 0.3 is 0 Å². The summed E-state index contributed by atoms with van der Waals surface area (Å²) in [5, 5.41) is 0. The minimum atomic E-state index is 0. The third-order valence-electron chi connectivity index (χ3n) is 5.08. The van der Waals surface area contributed by atoms with Gasteiger partial charge in [0, 0.05) is 52.4 Å². The van der Waals surface area contributed by atoms with E-state index in [1.807, 2.05) is 0 Å². The van der Waals surface area contributed by atoms with Crippen LogP contribution in [0.25, 0.3) is 0 Å². The topological polar surface area (TPSA) is 48.1 Å². The van der Waals surface area contributed by atoms with E-state index in [9.17, 15) is 0 Å². The second-order valence-electron chi connectivity index (χ2n) is 6.89. The molecule has 0 spiro atoms. The number of rotatable bonds is 5. The summed E-state index contributed by atoms with van der Waals surface area (Å²) in [6.45, 7) is 9.60. The van der Waals surface area contributed by atoms with Gasteiger partial charge in [-0.15, -0.1) is 24.0 Å². The maximum absolute atomic E-state index is 6.12. The molecule has 6 heteroatoms. The van der Waals surface area contributed by atoms with Gasteiger partial charge in [-0.1, -0.05) is 30.3 Å². The molecule has 0 radical (unpaired) electrons. The molecule has 140 valence electrons. The zero-order valence-corrected chi connectivity index (χ0v) is 17.5. The summed E-state index contributed by atoms with van der Waals surface area (Å²) in [6, 6.07) is 10.7. The third kappa shape index (κ3) is 6.75. The van der Waals surface area contributed by atoms with Crippen molar-refractivity contribution >= 4 is 29.9 Å². The zero-order valence-electron chi connectivity index (χ0n) is 15.1. The van der Waals surface area contributed by atoms with E-state index in [1.54, 1.807) is 0 Å².